The zero-order chi connectivity index (χ0) is 15.4. The average Bonchev–Trinajstić information content (AvgIpc) is 2.90. The van der Waals surface area contributed by atoms with Gasteiger partial charge in [-0.3, -0.25) is 5.10 Å². The number of aromatic nitrogens is 2. The standard InChI is InChI=1S/C13H18ClN7/c1-21(2)7-9-4-3-8(5-11(9)14)10-6-17-18-12(10)13(15)19-20-16/h3-6,20H,7,16H2,1-2H3,(H2,15,19)(H,17,18). The number of amidine groups is 1. The van der Waals surface area contributed by atoms with Gasteiger partial charge in [0.2, 0.25) is 0 Å². The molecule has 0 bridgehead atoms. The van der Waals surface area contributed by atoms with E-state index >= 15 is 0 Å². The van der Waals surface area contributed by atoms with Crippen LogP contribution in [0.15, 0.2) is 29.5 Å². The molecule has 1 aromatic heterocycles. The number of nitrogens with two attached hydrogens (primary N) is 2. The van der Waals surface area contributed by atoms with Crippen molar-refractivity contribution in [3.63, 3.8) is 0 Å². The quantitative estimate of drug-likeness (QED) is 0.284. The SMILES string of the molecule is CN(C)Cc1ccc(-c2cn[nH]c2/C(N)=N/NN)cc1Cl. The maximum absolute atomic E-state index is 6.33. The number of benzene rings is 1. The first-order valence-corrected chi connectivity index (χ1v) is 6.66. The second-order valence-corrected chi connectivity index (χ2v) is 5.24. The van der Waals surface area contributed by atoms with Crippen molar-refractivity contribution in [2.45, 2.75) is 6.54 Å². The van der Waals surface area contributed by atoms with Crippen molar-refractivity contribution in [2.24, 2.45) is 16.7 Å². The number of nitrogens with zero attached hydrogens (tertiary/aromatic N) is 3. The summed E-state index contributed by atoms with van der Waals surface area (Å²) in [6.07, 6.45) is 1.67. The van der Waals surface area contributed by atoms with Crippen molar-refractivity contribution in [3.05, 3.63) is 40.7 Å². The summed E-state index contributed by atoms with van der Waals surface area (Å²) in [5.74, 6) is 5.36. The van der Waals surface area contributed by atoms with Gasteiger partial charge in [0.05, 0.1) is 6.20 Å². The van der Waals surface area contributed by atoms with E-state index in [1.54, 1.807) is 6.20 Å². The summed E-state index contributed by atoms with van der Waals surface area (Å²) in [7, 11) is 3.99. The van der Waals surface area contributed by atoms with E-state index in [0.717, 1.165) is 23.2 Å². The van der Waals surface area contributed by atoms with E-state index in [2.05, 4.69) is 25.7 Å². The minimum Gasteiger partial charge on any atom is -0.380 e. The predicted molar refractivity (Wildman–Crippen MR) is 84.5 cm³/mol. The first-order valence-electron chi connectivity index (χ1n) is 6.29. The Morgan fingerprint density at radius 2 is 2.24 bits per heavy atom. The van der Waals surface area contributed by atoms with Crippen LogP contribution in [0, 0.1) is 0 Å². The number of aromatic amines is 1. The fraction of sp³-hybridized carbons (Fsp3) is 0.231. The van der Waals surface area contributed by atoms with Crippen LogP contribution < -0.4 is 17.1 Å². The minimum atomic E-state index is 0.221. The van der Waals surface area contributed by atoms with Gasteiger partial charge in [-0.2, -0.15) is 5.10 Å². The third kappa shape index (κ3) is 3.52. The van der Waals surface area contributed by atoms with Gasteiger partial charge in [0.1, 0.15) is 5.69 Å². The van der Waals surface area contributed by atoms with Crippen molar-refractivity contribution in [2.75, 3.05) is 14.1 Å². The Morgan fingerprint density at radius 3 is 2.86 bits per heavy atom. The molecule has 0 radical (unpaired) electrons. The largest absolute Gasteiger partial charge is 0.380 e. The molecule has 7 nitrogen and oxygen atoms in total. The topological polar surface area (TPSA) is 108 Å². The van der Waals surface area contributed by atoms with Gasteiger partial charge in [0, 0.05) is 17.1 Å². The van der Waals surface area contributed by atoms with Gasteiger partial charge < -0.3 is 10.6 Å². The fourth-order valence-electron chi connectivity index (χ4n) is 2.01. The maximum Gasteiger partial charge on any atom is 0.170 e. The number of hydrogen-bond donors (Lipinski definition) is 4. The van der Waals surface area contributed by atoms with Gasteiger partial charge >= 0.3 is 0 Å². The molecule has 0 aliphatic carbocycles. The highest BCUT2D eigenvalue weighted by atomic mass is 35.5. The third-order valence-corrected chi connectivity index (χ3v) is 3.28. The zero-order valence-corrected chi connectivity index (χ0v) is 12.6. The Balaban J connectivity index is 2.38. The lowest BCUT2D eigenvalue weighted by Crippen LogP contribution is -2.23. The number of nitrogens with one attached hydrogen (secondary N) is 2. The number of hydrogen-bond acceptors (Lipinski definition) is 5. The number of hydrazone groups is 1. The molecular formula is C13H18ClN7. The lowest BCUT2D eigenvalue weighted by atomic mass is 10.0. The van der Waals surface area contributed by atoms with E-state index in [4.69, 9.17) is 23.2 Å². The first-order chi connectivity index (χ1) is 10.0. The van der Waals surface area contributed by atoms with Crippen molar-refractivity contribution in [1.29, 1.82) is 0 Å². The van der Waals surface area contributed by atoms with Crippen molar-refractivity contribution < 1.29 is 0 Å². The molecule has 0 fully saturated rings. The highest BCUT2D eigenvalue weighted by Crippen LogP contribution is 2.27. The van der Waals surface area contributed by atoms with E-state index in [9.17, 15) is 0 Å². The van der Waals surface area contributed by atoms with Gasteiger partial charge in [0.15, 0.2) is 5.84 Å². The van der Waals surface area contributed by atoms with E-state index < -0.39 is 0 Å². The van der Waals surface area contributed by atoms with E-state index in [-0.39, 0.29) is 5.84 Å². The van der Waals surface area contributed by atoms with Crippen molar-refractivity contribution >= 4 is 17.4 Å². The summed E-state index contributed by atoms with van der Waals surface area (Å²) in [4.78, 5) is 2.06. The molecule has 0 aliphatic rings. The highest BCUT2D eigenvalue weighted by Gasteiger charge is 2.13. The van der Waals surface area contributed by atoms with E-state index in [1.165, 1.54) is 0 Å². The predicted octanol–water partition coefficient (Wildman–Crippen LogP) is 0.875. The molecule has 21 heavy (non-hydrogen) atoms. The van der Waals surface area contributed by atoms with E-state index in [0.29, 0.717) is 10.7 Å². The Morgan fingerprint density at radius 1 is 1.48 bits per heavy atom. The average molecular weight is 308 g/mol. The monoisotopic (exact) mass is 307 g/mol. The van der Waals surface area contributed by atoms with Crippen molar-refractivity contribution in [1.82, 2.24) is 20.6 Å². The Hall–Kier alpha value is -2.09. The lowest BCUT2D eigenvalue weighted by Gasteiger charge is -2.12. The Kier molecular flexibility index (Phi) is 4.79. The molecule has 112 valence electrons. The molecule has 6 N–H and O–H groups in total. The van der Waals surface area contributed by atoms with Crippen LogP contribution >= 0.6 is 11.6 Å². The van der Waals surface area contributed by atoms with Crippen LogP contribution in [-0.2, 0) is 6.54 Å². The van der Waals surface area contributed by atoms with Crippen LogP contribution in [0.3, 0.4) is 0 Å². The molecule has 0 spiro atoms. The molecule has 1 aromatic carbocycles. The van der Waals surface area contributed by atoms with Gasteiger partial charge in [-0.05, 0) is 31.3 Å². The van der Waals surface area contributed by atoms with Crippen LogP contribution in [0.5, 0.6) is 0 Å². The van der Waals surface area contributed by atoms with Gasteiger partial charge in [-0.25, -0.2) is 11.4 Å². The van der Waals surface area contributed by atoms with Crippen LogP contribution in [0.2, 0.25) is 5.02 Å². The zero-order valence-electron chi connectivity index (χ0n) is 11.9. The smallest absolute Gasteiger partial charge is 0.170 e. The summed E-state index contributed by atoms with van der Waals surface area (Å²) in [5.41, 5.74) is 11.3. The summed E-state index contributed by atoms with van der Waals surface area (Å²) in [6.45, 7) is 0.776. The Bertz CT molecular complexity index is 648. The third-order valence-electron chi connectivity index (χ3n) is 2.93. The summed E-state index contributed by atoms with van der Waals surface area (Å²) < 4.78 is 0. The molecule has 0 atom stereocenters. The molecule has 0 aliphatic heterocycles. The molecular weight excluding hydrogens is 290 g/mol. The number of halogens is 1. The molecule has 8 heteroatoms. The lowest BCUT2D eigenvalue weighted by molar-refractivity contribution is 0.402. The maximum atomic E-state index is 6.33. The van der Waals surface area contributed by atoms with Gasteiger partial charge in [-0.15, -0.1) is 5.10 Å². The van der Waals surface area contributed by atoms with Crippen molar-refractivity contribution in [3.8, 4) is 11.1 Å². The number of H-pyrrole nitrogens is 1. The molecule has 0 saturated heterocycles. The Labute approximate surface area is 127 Å². The molecule has 2 aromatic rings. The molecule has 2 rings (SSSR count). The fourth-order valence-corrected chi connectivity index (χ4v) is 2.25. The molecule has 1 heterocycles. The van der Waals surface area contributed by atoms with Crippen LogP contribution in [-0.4, -0.2) is 35.0 Å². The van der Waals surface area contributed by atoms with Gasteiger partial charge in [-0.1, -0.05) is 23.7 Å². The normalized spacial score (nSPS) is 12.0. The molecule has 0 amide bonds. The summed E-state index contributed by atoms with van der Waals surface area (Å²) in [5, 5.41) is 11.2. The second kappa shape index (κ2) is 6.57. The summed E-state index contributed by atoms with van der Waals surface area (Å²) >= 11 is 6.33. The number of hydrazine groups is 1. The second-order valence-electron chi connectivity index (χ2n) is 4.83. The molecule has 0 saturated carbocycles. The van der Waals surface area contributed by atoms with Crippen LogP contribution in [0.1, 0.15) is 11.3 Å². The minimum absolute atomic E-state index is 0.221. The van der Waals surface area contributed by atoms with Crippen LogP contribution in [0.4, 0.5) is 0 Å². The highest BCUT2D eigenvalue weighted by molar-refractivity contribution is 6.31. The first kappa shape index (κ1) is 15.3. The summed E-state index contributed by atoms with van der Waals surface area (Å²) in [6, 6.07) is 5.85. The number of rotatable bonds is 5. The van der Waals surface area contributed by atoms with Gasteiger partial charge in [0.25, 0.3) is 0 Å². The molecule has 0 unspecified atom stereocenters. The van der Waals surface area contributed by atoms with Crippen LogP contribution in [0.25, 0.3) is 11.1 Å². The van der Waals surface area contributed by atoms with E-state index in [1.807, 2.05) is 32.3 Å².